The zero-order valence-electron chi connectivity index (χ0n) is 17.3. The minimum atomic E-state index is -1.40. The number of allylic oxidation sites excluding steroid dienone is 1. The molecule has 0 radical (unpaired) electrons. The highest BCUT2D eigenvalue weighted by molar-refractivity contribution is 5.35. The Labute approximate surface area is 174 Å². The van der Waals surface area contributed by atoms with Gasteiger partial charge in [-0.15, -0.1) is 0 Å². The van der Waals surface area contributed by atoms with Gasteiger partial charge in [-0.25, -0.2) is 8.78 Å². The summed E-state index contributed by atoms with van der Waals surface area (Å²) in [4.78, 5) is 0. The Morgan fingerprint density at radius 1 is 0.800 bits per heavy atom. The first kappa shape index (κ1) is 20.2. The average Bonchev–Trinajstić information content (AvgIpc) is 2.76. The van der Waals surface area contributed by atoms with Crippen LogP contribution in [0.2, 0.25) is 0 Å². The lowest BCUT2D eigenvalue weighted by molar-refractivity contribution is -0.131. The van der Waals surface area contributed by atoms with Gasteiger partial charge in [0.05, 0.1) is 5.41 Å². The summed E-state index contributed by atoms with van der Waals surface area (Å²) in [6, 6.07) is 2.10. The highest BCUT2D eigenvalue weighted by atomic mass is 19.2. The highest BCUT2D eigenvalue weighted by Gasteiger charge is 2.65. The van der Waals surface area contributed by atoms with Crippen molar-refractivity contribution < 1.29 is 27.4 Å². The third-order valence-corrected chi connectivity index (χ3v) is 9.31. The van der Waals surface area contributed by atoms with E-state index in [0.717, 1.165) is 50.7 Å². The van der Waals surface area contributed by atoms with Crippen molar-refractivity contribution in [2.24, 2.45) is 21.7 Å². The Balaban J connectivity index is 1.42. The molecule has 1 aromatic carbocycles. The van der Waals surface area contributed by atoms with Gasteiger partial charge in [0.2, 0.25) is 11.6 Å². The van der Waals surface area contributed by atoms with Gasteiger partial charge in [-0.3, -0.25) is 0 Å². The summed E-state index contributed by atoms with van der Waals surface area (Å²) in [5, 5.41) is 9.25. The molecule has 6 aliphatic rings. The zero-order valence-corrected chi connectivity index (χ0v) is 17.3. The number of fused-ring (bicyclic) bond motifs is 5. The van der Waals surface area contributed by atoms with E-state index >= 15 is 8.78 Å². The molecule has 4 saturated carbocycles. The van der Waals surface area contributed by atoms with Gasteiger partial charge < -0.3 is 9.84 Å². The predicted octanol–water partition coefficient (Wildman–Crippen LogP) is 7.12. The van der Waals surface area contributed by atoms with Crippen molar-refractivity contribution in [3.8, 4) is 11.5 Å². The molecule has 0 saturated heterocycles. The highest BCUT2D eigenvalue weighted by Crippen LogP contribution is 2.73. The van der Waals surface area contributed by atoms with Crippen molar-refractivity contribution in [3.63, 3.8) is 0 Å². The lowest BCUT2D eigenvalue weighted by Gasteiger charge is -2.64. The number of hydrogen-bond acceptors (Lipinski definition) is 2. The number of ether oxygens (including phenoxy) is 1. The molecule has 1 N–H and O–H groups in total. The van der Waals surface area contributed by atoms with Crippen LogP contribution in [0.3, 0.4) is 0 Å². The average molecular weight is 424 g/mol. The van der Waals surface area contributed by atoms with Crippen LogP contribution >= 0.6 is 0 Å². The van der Waals surface area contributed by atoms with Gasteiger partial charge in [0.1, 0.15) is 18.3 Å². The molecule has 0 atom stereocenters. The molecule has 6 aliphatic carbocycles. The molecule has 0 aromatic heterocycles. The Bertz CT molecular complexity index is 889. The minimum absolute atomic E-state index is 0.147. The lowest BCUT2D eigenvalue weighted by atomic mass is 9.40. The number of rotatable bonds is 4. The van der Waals surface area contributed by atoms with Crippen LogP contribution in [-0.2, 0) is 0 Å². The largest absolute Gasteiger partial charge is 0.505 e. The summed E-state index contributed by atoms with van der Waals surface area (Å²) in [7, 11) is 0. The van der Waals surface area contributed by atoms with Crippen molar-refractivity contribution in [2.45, 2.75) is 71.1 Å². The van der Waals surface area contributed by atoms with Crippen LogP contribution < -0.4 is 4.74 Å². The number of halogens is 4. The van der Waals surface area contributed by atoms with E-state index in [1.54, 1.807) is 0 Å². The molecule has 1 aromatic rings. The first-order valence-corrected chi connectivity index (χ1v) is 11.0. The van der Waals surface area contributed by atoms with E-state index in [1.807, 2.05) is 0 Å². The molecule has 0 aliphatic heterocycles. The summed E-state index contributed by atoms with van der Waals surface area (Å²) in [5.74, 6) is -5.28. The summed E-state index contributed by atoms with van der Waals surface area (Å²) in [6.07, 6.45) is 8.22. The van der Waals surface area contributed by atoms with Gasteiger partial charge in [0.25, 0.3) is 0 Å². The van der Waals surface area contributed by atoms with Gasteiger partial charge in [-0.1, -0.05) is 6.92 Å². The third-order valence-electron chi connectivity index (χ3n) is 9.31. The smallest absolute Gasteiger partial charge is 0.204 e. The number of phenolic OH excluding ortho intramolecular Hbond substituents is 1. The van der Waals surface area contributed by atoms with Crippen LogP contribution in [-0.4, -0.2) is 11.7 Å². The fourth-order valence-electron chi connectivity index (χ4n) is 6.95. The molecule has 4 fully saturated rings. The molecule has 2 nitrogen and oxygen atoms in total. The van der Waals surface area contributed by atoms with Crippen LogP contribution in [0.4, 0.5) is 17.6 Å². The maximum atomic E-state index is 15.7. The zero-order chi connectivity index (χ0) is 21.4. The molecule has 6 heteroatoms. The van der Waals surface area contributed by atoms with E-state index in [0.29, 0.717) is 31.1 Å². The molecule has 0 amide bonds. The van der Waals surface area contributed by atoms with E-state index in [9.17, 15) is 13.9 Å². The third kappa shape index (κ3) is 2.54. The predicted molar refractivity (Wildman–Crippen MR) is 104 cm³/mol. The molecule has 4 bridgehead atoms. The summed E-state index contributed by atoms with van der Waals surface area (Å²) in [6.45, 7) is 2.07. The van der Waals surface area contributed by atoms with E-state index < -0.39 is 45.6 Å². The number of aromatic hydroxyl groups is 1. The van der Waals surface area contributed by atoms with Crippen LogP contribution in [0, 0.1) is 33.3 Å². The van der Waals surface area contributed by atoms with Crippen molar-refractivity contribution in [3.05, 3.63) is 35.4 Å². The topological polar surface area (TPSA) is 29.5 Å². The van der Waals surface area contributed by atoms with Gasteiger partial charge in [-0.05, 0) is 87.2 Å². The second-order valence-corrected chi connectivity index (χ2v) is 10.6. The fourth-order valence-corrected chi connectivity index (χ4v) is 6.95. The van der Waals surface area contributed by atoms with E-state index in [4.69, 9.17) is 4.74 Å². The van der Waals surface area contributed by atoms with Gasteiger partial charge in [-0.2, -0.15) is 8.78 Å². The SMILES string of the molecule is CC12CCC(C34CCC(COc5ccc(O)c(F)c5F)(CC3)C(F)=C4F)(CC1)CC2. The maximum absolute atomic E-state index is 15.7. The molecule has 164 valence electrons. The fraction of sp³-hybridized carbons (Fsp3) is 0.667. The Kier molecular flexibility index (Phi) is 4.31. The quantitative estimate of drug-likeness (QED) is 0.522. The Hall–Kier alpha value is -1.72. The standard InChI is InChI=1S/C24H28F4O2/c1-21-4-9-23(10-5-21,11-6-21)24-12-7-22(8-13-24,19(27)20(24)28)14-30-16-3-2-15(29)17(25)18(16)26/h2-3,29H,4-14H2,1H3. The summed E-state index contributed by atoms with van der Waals surface area (Å²) >= 11 is 0. The molecule has 7 rings (SSSR count). The number of benzene rings is 1. The van der Waals surface area contributed by atoms with Crippen LogP contribution in [0.1, 0.15) is 71.1 Å². The number of hydrogen-bond donors (Lipinski definition) is 1. The van der Waals surface area contributed by atoms with Crippen molar-refractivity contribution >= 4 is 0 Å². The summed E-state index contributed by atoms with van der Waals surface area (Å²) in [5.41, 5.74) is -1.62. The van der Waals surface area contributed by atoms with Crippen molar-refractivity contribution in [2.75, 3.05) is 6.61 Å². The monoisotopic (exact) mass is 424 g/mol. The van der Waals surface area contributed by atoms with Crippen LogP contribution in [0.15, 0.2) is 23.8 Å². The van der Waals surface area contributed by atoms with Crippen LogP contribution in [0.25, 0.3) is 0 Å². The van der Waals surface area contributed by atoms with Gasteiger partial charge in [0, 0.05) is 5.41 Å². The lowest BCUT2D eigenvalue weighted by Crippen LogP contribution is -2.56. The van der Waals surface area contributed by atoms with E-state index in [-0.39, 0.29) is 12.0 Å². The van der Waals surface area contributed by atoms with Crippen molar-refractivity contribution in [1.29, 1.82) is 0 Å². The number of phenols is 1. The first-order chi connectivity index (χ1) is 14.2. The Morgan fingerprint density at radius 3 is 2.00 bits per heavy atom. The van der Waals surface area contributed by atoms with E-state index in [1.165, 1.54) is 0 Å². The van der Waals surface area contributed by atoms with Crippen LogP contribution in [0.5, 0.6) is 11.5 Å². The molecule has 30 heavy (non-hydrogen) atoms. The van der Waals surface area contributed by atoms with E-state index in [2.05, 4.69) is 6.92 Å². The Morgan fingerprint density at radius 2 is 1.40 bits per heavy atom. The molecular weight excluding hydrogens is 396 g/mol. The first-order valence-electron chi connectivity index (χ1n) is 11.0. The van der Waals surface area contributed by atoms with Gasteiger partial charge in [0.15, 0.2) is 11.5 Å². The second kappa shape index (κ2) is 6.39. The maximum Gasteiger partial charge on any atom is 0.204 e. The molecular formula is C24H28F4O2. The molecule has 0 unspecified atom stereocenters. The van der Waals surface area contributed by atoms with Gasteiger partial charge >= 0.3 is 0 Å². The molecule has 0 heterocycles. The second-order valence-electron chi connectivity index (χ2n) is 10.6. The normalized spacial score (nSPS) is 40.2. The summed E-state index contributed by atoms with van der Waals surface area (Å²) < 4.78 is 64.3. The van der Waals surface area contributed by atoms with Crippen molar-refractivity contribution in [1.82, 2.24) is 0 Å². The minimum Gasteiger partial charge on any atom is -0.505 e. The molecule has 0 spiro atoms.